The number of hydrogen-bond acceptors (Lipinski definition) is 3. The topological polar surface area (TPSA) is 21.7 Å². The van der Waals surface area contributed by atoms with Crippen LogP contribution in [0.5, 0.6) is 0 Å². The normalized spacial score (nSPS) is 26.3. The molecule has 0 unspecified atom stereocenters. The van der Waals surface area contributed by atoms with Crippen LogP contribution in [-0.2, 0) is 9.47 Å². The molecule has 0 spiro atoms. The molecule has 1 atom stereocenters. The summed E-state index contributed by atoms with van der Waals surface area (Å²) in [6.07, 6.45) is 0.248. The van der Waals surface area contributed by atoms with E-state index in [1.807, 2.05) is 0 Å². The summed E-state index contributed by atoms with van der Waals surface area (Å²) in [6, 6.07) is 0. The van der Waals surface area contributed by atoms with Crippen LogP contribution in [0.3, 0.4) is 0 Å². The molecular weight excluding hydrogens is 166 g/mol. The molecule has 0 aliphatic carbocycles. The van der Waals surface area contributed by atoms with Crippen molar-refractivity contribution < 1.29 is 9.47 Å². The van der Waals surface area contributed by atoms with Gasteiger partial charge in [-0.25, -0.2) is 0 Å². The molecule has 0 aromatic carbocycles. The minimum Gasteiger partial charge on any atom is -0.373 e. The molecule has 1 aliphatic rings. The molecule has 0 aromatic rings. The van der Waals surface area contributed by atoms with Gasteiger partial charge in [-0.1, -0.05) is 0 Å². The predicted molar refractivity (Wildman–Crippen MR) is 52.9 cm³/mol. The highest BCUT2D eigenvalue weighted by Gasteiger charge is 2.20. The Morgan fingerprint density at radius 1 is 1.46 bits per heavy atom. The van der Waals surface area contributed by atoms with Crippen molar-refractivity contribution in [3.05, 3.63) is 0 Å². The van der Waals surface area contributed by atoms with Crippen LogP contribution in [0.1, 0.15) is 20.8 Å². The first-order valence-corrected chi connectivity index (χ1v) is 4.91. The Hall–Kier alpha value is -0.120. The SMILES string of the molecule is CN1CCO[C@@H](COC(C)(C)C)C1. The first kappa shape index (κ1) is 11.0. The van der Waals surface area contributed by atoms with Crippen molar-refractivity contribution in [1.82, 2.24) is 4.90 Å². The van der Waals surface area contributed by atoms with Crippen LogP contribution in [0.25, 0.3) is 0 Å². The Morgan fingerprint density at radius 2 is 2.15 bits per heavy atom. The van der Waals surface area contributed by atoms with E-state index < -0.39 is 0 Å². The zero-order chi connectivity index (χ0) is 9.90. The third-order valence-corrected chi connectivity index (χ3v) is 2.04. The van der Waals surface area contributed by atoms with Gasteiger partial charge in [0.2, 0.25) is 0 Å². The summed E-state index contributed by atoms with van der Waals surface area (Å²) in [5.41, 5.74) is -0.0562. The van der Waals surface area contributed by atoms with Gasteiger partial charge in [-0.2, -0.15) is 0 Å². The van der Waals surface area contributed by atoms with Crippen molar-refractivity contribution in [2.45, 2.75) is 32.5 Å². The summed E-state index contributed by atoms with van der Waals surface area (Å²) < 4.78 is 11.2. The fourth-order valence-electron chi connectivity index (χ4n) is 1.31. The summed E-state index contributed by atoms with van der Waals surface area (Å²) in [7, 11) is 2.12. The van der Waals surface area contributed by atoms with Crippen LogP contribution in [-0.4, -0.2) is 50.0 Å². The van der Waals surface area contributed by atoms with Crippen LogP contribution in [0.4, 0.5) is 0 Å². The largest absolute Gasteiger partial charge is 0.373 e. The molecule has 0 aromatic heterocycles. The highest BCUT2D eigenvalue weighted by Crippen LogP contribution is 2.10. The van der Waals surface area contributed by atoms with Crippen molar-refractivity contribution in [2.75, 3.05) is 33.4 Å². The Morgan fingerprint density at radius 3 is 2.69 bits per heavy atom. The molecule has 1 saturated heterocycles. The average molecular weight is 187 g/mol. The Labute approximate surface area is 81.0 Å². The van der Waals surface area contributed by atoms with Crippen molar-refractivity contribution in [1.29, 1.82) is 0 Å². The van der Waals surface area contributed by atoms with Gasteiger partial charge < -0.3 is 14.4 Å². The monoisotopic (exact) mass is 187 g/mol. The molecule has 1 rings (SSSR count). The van der Waals surface area contributed by atoms with E-state index in [0.717, 1.165) is 19.7 Å². The maximum Gasteiger partial charge on any atom is 0.0935 e. The quantitative estimate of drug-likeness (QED) is 0.647. The Bertz CT molecular complexity index is 153. The number of hydrogen-bond donors (Lipinski definition) is 0. The lowest BCUT2D eigenvalue weighted by Gasteiger charge is -2.31. The molecule has 0 bridgehead atoms. The molecule has 0 radical (unpaired) electrons. The van der Waals surface area contributed by atoms with E-state index in [1.54, 1.807) is 0 Å². The Balaban J connectivity index is 2.21. The summed E-state index contributed by atoms with van der Waals surface area (Å²) in [5, 5.41) is 0. The molecule has 0 amide bonds. The van der Waals surface area contributed by atoms with E-state index in [4.69, 9.17) is 9.47 Å². The third-order valence-electron chi connectivity index (χ3n) is 2.04. The van der Waals surface area contributed by atoms with Gasteiger partial charge in [0, 0.05) is 13.1 Å². The number of rotatable bonds is 2. The van der Waals surface area contributed by atoms with E-state index in [-0.39, 0.29) is 11.7 Å². The lowest BCUT2D eigenvalue weighted by atomic mass is 10.2. The molecule has 0 saturated carbocycles. The van der Waals surface area contributed by atoms with Gasteiger partial charge in [0.15, 0.2) is 0 Å². The molecule has 3 heteroatoms. The first-order chi connectivity index (χ1) is 5.97. The molecule has 0 N–H and O–H groups in total. The zero-order valence-corrected chi connectivity index (χ0v) is 9.17. The smallest absolute Gasteiger partial charge is 0.0935 e. The minimum absolute atomic E-state index is 0.0562. The fourth-order valence-corrected chi connectivity index (χ4v) is 1.31. The maximum atomic E-state index is 5.67. The van der Waals surface area contributed by atoms with Gasteiger partial charge in [-0.05, 0) is 27.8 Å². The van der Waals surface area contributed by atoms with Crippen LogP contribution < -0.4 is 0 Å². The van der Waals surface area contributed by atoms with Gasteiger partial charge in [-0.3, -0.25) is 0 Å². The van der Waals surface area contributed by atoms with E-state index >= 15 is 0 Å². The lowest BCUT2D eigenvalue weighted by Crippen LogP contribution is -2.43. The van der Waals surface area contributed by atoms with Crippen molar-refractivity contribution in [3.8, 4) is 0 Å². The summed E-state index contributed by atoms with van der Waals surface area (Å²) in [6.45, 7) is 9.75. The average Bonchev–Trinajstić information content (AvgIpc) is 2.00. The van der Waals surface area contributed by atoms with Gasteiger partial charge in [0.1, 0.15) is 0 Å². The highest BCUT2D eigenvalue weighted by molar-refractivity contribution is 4.70. The van der Waals surface area contributed by atoms with E-state index in [2.05, 4.69) is 32.7 Å². The number of ether oxygens (including phenoxy) is 2. The van der Waals surface area contributed by atoms with E-state index in [0.29, 0.717) is 6.61 Å². The van der Waals surface area contributed by atoms with Crippen molar-refractivity contribution in [3.63, 3.8) is 0 Å². The van der Waals surface area contributed by atoms with Gasteiger partial charge in [0.05, 0.1) is 24.9 Å². The predicted octanol–water partition coefficient (Wildman–Crippen LogP) is 1.13. The number of likely N-dealkylation sites (N-methyl/N-ethyl adjacent to an activating group) is 1. The minimum atomic E-state index is -0.0562. The van der Waals surface area contributed by atoms with Crippen LogP contribution >= 0.6 is 0 Å². The van der Waals surface area contributed by atoms with Gasteiger partial charge >= 0.3 is 0 Å². The van der Waals surface area contributed by atoms with Crippen molar-refractivity contribution in [2.24, 2.45) is 0 Å². The van der Waals surface area contributed by atoms with Crippen LogP contribution in [0, 0.1) is 0 Å². The maximum absolute atomic E-state index is 5.67. The van der Waals surface area contributed by atoms with Crippen LogP contribution in [0.2, 0.25) is 0 Å². The zero-order valence-electron chi connectivity index (χ0n) is 9.17. The molecular formula is C10H21NO2. The van der Waals surface area contributed by atoms with Crippen molar-refractivity contribution >= 4 is 0 Å². The number of morpholine rings is 1. The summed E-state index contributed by atoms with van der Waals surface area (Å²) >= 11 is 0. The van der Waals surface area contributed by atoms with E-state index in [1.165, 1.54) is 0 Å². The van der Waals surface area contributed by atoms with Crippen LogP contribution in [0.15, 0.2) is 0 Å². The lowest BCUT2D eigenvalue weighted by molar-refractivity contribution is -0.0992. The van der Waals surface area contributed by atoms with E-state index in [9.17, 15) is 0 Å². The summed E-state index contributed by atoms with van der Waals surface area (Å²) in [4.78, 5) is 2.28. The highest BCUT2D eigenvalue weighted by atomic mass is 16.5. The van der Waals surface area contributed by atoms with Gasteiger partial charge in [0.25, 0.3) is 0 Å². The Kier molecular flexibility index (Phi) is 3.71. The third kappa shape index (κ3) is 4.60. The van der Waals surface area contributed by atoms with Gasteiger partial charge in [-0.15, -0.1) is 0 Å². The number of nitrogens with zero attached hydrogens (tertiary/aromatic N) is 1. The molecule has 13 heavy (non-hydrogen) atoms. The first-order valence-electron chi connectivity index (χ1n) is 4.91. The molecule has 3 nitrogen and oxygen atoms in total. The standard InChI is InChI=1S/C10H21NO2/c1-10(2,3)13-8-9-7-11(4)5-6-12-9/h9H,5-8H2,1-4H3/t9-/m1/s1. The molecule has 1 fully saturated rings. The second-order valence-corrected chi connectivity index (χ2v) is 4.68. The molecule has 1 heterocycles. The summed E-state index contributed by atoms with van der Waals surface area (Å²) in [5.74, 6) is 0. The second-order valence-electron chi connectivity index (χ2n) is 4.68. The molecule has 78 valence electrons. The fraction of sp³-hybridized carbons (Fsp3) is 1.00. The second kappa shape index (κ2) is 4.40. The molecule has 1 aliphatic heterocycles.